The summed E-state index contributed by atoms with van der Waals surface area (Å²) >= 11 is 0. The third-order valence-corrected chi connectivity index (χ3v) is 4.91. The Morgan fingerprint density at radius 2 is 2.04 bits per heavy atom. The van der Waals surface area contributed by atoms with Crippen LogP contribution in [0, 0.1) is 11.3 Å². The molecule has 9 heteroatoms. The number of halogens is 3. The molecule has 27 heavy (non-hydrogen) atoms. The number of rotatable bonds is 4. The van der Waals surface area contributed by atoms with Crippen molar-refractivity contribution in [3.63, 3.8) is 0 Å². The fourth-order valence-electron chi connectivity index (χ4n) is 3.56. The SMILES string of the molecule is CCc1nnc(N2CCCC(n3ccc(C(F)(F)F)n3)C2)c(C#N)c1CC. The van der Waals surface area contributed by atoms with Crippen LogP contribution >= 0.6 is 0 Å². The molecule has 1 unspecified atom stereocenters. The first kappa shape index (κ1) is 19.1. The molecule has 2 aromatic rings. The molecule has 6 nitrogen and oxygen atoms in total. The summed E-state index contributed by atoms with van der Waals surface area (Å²) in [4.78, 5) is 1.94. The van der Waals surface area contributed by atoms with Gasteiger partial charge in [-0.2, -0.15) is 28.6 Å². The molecular weight excluding hydrogens is 357 g/mol. The van der Waals surface area contributed by atoms with E-state index >= 15 is 0 Å². The third kappa shape index (κ3) is 3.75. The van der Waals surface area contributed by atoms with E-state index in [-0.39, 0.29) is 6.04 Å². The highest BCUT2D eigenvalue weighted by Crippen LogP contribution is 2.31. The number of nitrogens with zero attached hydrogens (tertiary/aromatic N) is 6. The molecule has 1 fully saturated rings. The van der Waals surface area contributed by atoms with E-state index in [0.29, 0.717) is 37.3 Å². The number of nitriles is 1. The van der Waals surface area contributed by atoms with Gasteiger partial charge in [0.05, 0.1) is 11.7 Å². The smallest absolute Gasteiger partial charge is 0.352 e. The Morgan fingerprint density at radius 1 is 1.26 bits per heavy atom. The Kier molecular flexibility index (Phi) is 5.35. The highest BCUT2D eigenvalue weighted by Gasteiger charge is 2.35. The van der Waals surface area contributed by atoms with E-state index in [1.54, 1.807) is 0 Å². The minimum Gasteiger partial charge on any atom is -0.352 e. The maximum atomic E-state index is 12.8. The molecule has 0 aliphatic carbocycles. The highest BCUT2D eigenvalue weighted by molar-refractivity contribution is 5.58. The third-order valence-electron chi connectivity index (χ3n) is 4.91. The Morgan fingerprint density at radius 3 is 2.63 bits per heavy atom. The monoisotopic (exact) mass is 378 g/mol. The van der Waals surface area contributed by atoms with Crippen molar-refractivity contribution in [1.82, 2.24) is 20.0 Å². The summed E-state index contributed by atoms with van der Waals surface area (Å²) in [5.74, 6) is 0.513. The number of alkyl halides is 3. The fourth-order valence-corrected chi connectivity index (χ4v) is 3.56. The van der Waals surface area contributed by atoms with Crippen LogP contribution in [0.3, 0.4) is 0 Å². The van der Waals surface area contributed by atoms with Crippen molar-refractivity contribution >= 4 is 5.82 Å². The van der Waals surface area contributed by atoms with Gasteiger partial charge >= 0.3 is 6.18 Å². The highest BCUT2D eigenvalue weighted by atomic mass is 19.4. The quantitative estimate of drug-likeness (QED) is 0.814. The molecule has 1 aliphatic rings. The average molecular weight is 378 g/mol. The molecule has 3 rings (SSSR count). The summed E-state index contributed by atoms with van der Waals surface area (Å²) in [6.07, 6.45) is -0.217. The normalized spacial score (nSPS) is 17.8. The second kappa shape index (κ2) is 7.55. The van der Waals surface area contributed by atoms with Gasteiger partial charge in [-0.05, 0) is 37.3 Å². The van der Waals surface area contributed by atoms with Crippen molar-refractivity contribution in [2.45, 2.75) is 51.7 Å². The van der Waals surface area contributed by atoms with E-state index in [9.17, 15) is 18.4 Å². The van der Waals surface area contributed by atoms with Gasteiger partial charge in [0.2, 0.25) is 0 Å². The lowest BCUT2D eigenvalue weighted by atomic mass is 10.0. The minimum absolute atomic E-state index is 0.209. The van der Waals surface area contributed by atoms with Crippen molar-refractivity contribution in [1.29, 1.82) is 5.26 Å². The topological polar surface area (TPSA) is 70.6 Å². The van der Waals surface area contributed by atoms with Crippen molar-refractivity contribution in [2.24, 2.45) is 0 Å². The zero-order valence-corrected chi connectivity index (χ0v) is 15.3. The molecule has 0 aromatic carbocycles. The van der Waals surface area contributed by atoms with Crippen molar-refractivity contribution < 1.29 is 13.2 Å². The zero-order valence-electron chi connectivity index (χ0n) is 15.3. The van der Waals surface area contributed by atoms with E-state index in [1.807, 2.05) is 18.7 Å². The predicted octanol–water partition coefficient (Wildman–Crippen LogP) is 3.53. The van der Waals surface area contributed by atoms with Crippen LogP contribution in [-0.4, -0.2) is 33.1 Å². The molecular formula is C18H21F3N6. The number of anilines is 1. The summed E-state index contributed by atoms with van der Waals surface area (Å²) in [7, 11) is 0. The number of hydrogen-bond acceptors (Lipinski definition) is 5. The molecule has 1 saturated heterocycles. The van der Waals surface area contributed by atoms with Crippen LogP contribution in [0.2, 0.25) is 0 Å². The van der Waals surface area contributed by atoms with Crippen LogP contribution in [0.4, 0.5) is 19.0 Å². The lowest BCUT2D eigenvalue weighted by Crippen LogP contribution is -2.38. The van der Waals surface area contributed by atoms with Gasteiger partial charge in [0.25, 0.3) is 0 Å². The van der Waals surface area contributed by atoms with Gasteiger partial charge in [0, 0.05) is 19.3 Å². The maximum Gasteiger partial charge on any atom is 0.435 e. The lowest BCUT2D eigenvalue weighted by molar-refractivity contribution is -0.141. The van der Waals surface area contributed by atoms with E-state index in [0.717, 1.165) is 30.2 Å². The average Bonchev–Trinajstić information content (AvgIpc) is 3.17. The summed E-state index contributed by atoms with van der Waals surface area (Å²) in [5, 5.41) is 21.9. The van der Waals surface area contributed by atoms with Crippen LogP contribution in [0.15, 0.2) is 12.3 Å². The largest absolute Gasteiger partial charge is 0.435 e. The van der Waals surface area contributed by atoms with Crippen molar-refractivity contribution in [3.05, 3.63) is 34.8 Å². The fraction of sp³-hybridized carbons (Fsp3) is 0.556. The molecule has 3 heterocycles. The van der Waals surface area contributed by atoms with Gasteiger partial charge in [0.15, 0.2) is 11.5 Å². The van der Waals surface area contributed by atoms with Crippen LogP contribution in [-0.2, 0) is 19.0 Å². The van der Waals surface area contributed by atoms with Crippen molar-refractivity contribution in [2.75, 3.05) is 18.0 Å². The second-order valence-electron chi connectivity index (χ2n) is 6.56. The molecule has 0 bridgehead atoms. The van der Waals surface area contributed by atoms with E-state index < -0.39 is 11.9 Å². The van der Waals surface area contributed by atoms with Crippen LogP contribution in [0.1, 0.15) is 55.2 Å². The molecule has 2 aromatic heterocycles. The van der Waals surface area contributed by atoms with E-state index in [1.165, 1.54) is 10.9 Å². The van der Waals surface area contributed by atoms with Gasteiger partial charge in [-0.1, -0.05) is 13.8 Å². The molecule has 1 aliphatic heterocycles. The van der Waals surface area contributed by atoms with Crippen LogP contribution in [0.25, 0.3) is 0 Å². The Balaban J connectivity index is 1.89. The lowest BCUT2D eigenvalue weighted by Gasteiger charge is -2.34. The van der Waals surface area contributed by atoms with Gasteiger partial charge < -0.3 is 4.90 Å². The van der Waals surface area contributed by atoms with Crippen molar-refractivity contribution in [3.8, 4) is 6.07 Å². The standard InChI is InChI=1S/C18H21F3N6/c1-3-13-14(10-22)17(24-23-15(13)4-2)26-8-5-6-12(11-26)27-9-7-16(25-27)18(19,20)21/h7,9,12H,3-6,8,11H2,1-2H3. The maximum absolute atomic E-state index is 12.8. The Labute approximate surface area is 155 Å². The minimum atomic E-state index is -4.45. The number of hydrogen-bond donors (Lipinski definition) is 0. The molecule has 0 N–H and O–H groups in total. The molecule has 1 atom stereocenters. The summed E-state index contributed by atoms with van der Waals surface area (Å²) in [6.45, 7) is 5.07. The zero-order chi connectivity index (χ0) is 19.6. The summed E-state index contributed by atoms with van der Waals surface area (Å²) in [5.41, 5.74) is 1.33. The van der Waals surface area contributed by atoms with Crippen LogP contribution < -0.4 is 4.90 Å². The molecule has 144 valence electrons. The molecule has 0 amide bonds. The van der Waals surface area contributed by atoms with Gasteiger partial charge in [-0.25, -0.2) is 0 Å². The molecule has 0 saturated carbocycles. The number of piperidine rings is 1. The van der Waals surface area contributed by atoms with E-state index in [2.05, 4.69) is 21.4 Å². The number of aryl methyl sites for hydroxylation is 1. The first-order valence-corrected chi connectivity index (χ1v) is 9.04. The molecule has 0 spiro atoms. The predicted molar refractivity (Wildman–Crippen MR) is 93.2 cm³/mol. The Hall–Kier alpha value is -2.63. The number of aromatic nitrogens is 4. The van der Waals surface area contributed by atoms with Gasteiger partial charge in [-0.3, -0.25) is 4.68 Å². The molecule has 0 radical (unpaired) electrons. The Bertz CT molecular complexity index is 852. The second-order valence-corrected chi connectivity index (χ2v) is 6.56. The van der Waals surface area contributed by atoms with Crippen LogP contribution in [0.5, 0.6) is 0 Å². The van der Waals surface area contributed by atoms with Gasteiger partial charge in [-0.15, -0.1) is 5.10 Å². The van der Waals surface area contributed by atoms with Gasteiger partial charge in [0.1, 0.15) is 11.6 Å². The summed E-state index contributed by atoms with van der Waals surface area (Å²) in [6, 6.07) is 3.03. The first-order valence-electron chi connectivity index (χ1n) is 9.04. The first-order chi connectivity index (χ1) is 12.9. The van der Waals surface area contributed by atoms with E-state index in [4.69, 9.17) is 0 Å². The summed E-state index contributed by atoms with van der Waals surface area (Å²) < 4.78 is 39.8.